The lowest BCUT2D eigenvalue weighted by Crippen LogP contribution is -2.18. The molecule has 0 saturated carbocycles. The van der Waals surface area contributed by atoms with Crippen LogP contribution in [0.4, 0.5) is 0 Å². The van der Waals surface area contributed by atoms with Crippen molar-refractivity contribution in [2.24, 2.45) is 5.92 Å². The molecular weight excluding hydrogens is 163 g/mol. The van der Waals surface area contributed by atoms with Crippen LogP contribution in [0.3, 0.4) is 0 Å². The van der Waals surface area contributed by atoms with Crippen LogP contribution in [0.1, 0.15) is 6.42 Å². The lowest BCUT2D eigenvalue weighted by molar-refractivity contribution is 0.351. The van der Waals surface area contributed by atoms with E-state index in [0.717, 1.165) is 0 Å². The monoisotopic (exact) mass is 172 g/mol. The molecule has 4 heteroatoms. The maximum atomic E-state index is 11.0. The maximum absolute atomic E-state index is 11.0. The molecule has 11 heavy (non-hydrogen) atoms. The quantitative estimate of drug-likeness (QED) is 0.459. The molecule has 0 radical (unpaired) electrons. The van der Waals surface area contributed by atoms with Gasteiger partial charge in [-0.1, -0.05) is 24.3 Å². The molecule has 60 valence electrons. The molecule has 2 bridgehead atoms. The Morgan fingerprint density at radius 3 is 2.09 bits per heavy atom. The highest BCUT2D eigenvalue weighted by Crippen LogP contribution is 2.60. The highest BCUT2D eigenvalue weighted by atomic mass is 31.2. The van der Waals surface area contributed by atoms with Crippen molar-refractivity contribution in [3.63, 3.8) is 0 Å². The highest BCUT2D eigenvalue weighted by Gasteiger charge is 2.49. The van der Waals surface area contributed by atoms with Crippen molar-refractivity contribution in [3.05, 3.63) is 24.3 Å². The Hall–Kier alpha value is -0.370. The molecule has 3 nitrogen and oxygen atoms in total. The molecule has 0 spiro atoms. The van der Waals surface area contributed by atoms with E-state index in [0.29, 0.717) is 6.42 Å². The molecule has 0 unspecified atom stereocenters. The third-order valence-electron chi connectivity index (χ3n) is 2.37. The predicted molar refractivity (Wildman–Crippen MR) is 41.2 cm³/mol. The molecule has 0 heterocycles. The van der Waals surface area contributed by atoms with E-state index in [1.54, 1.807) is 12.2 Å². The SMILES string of the molecule is O=P(O)(O)C12C=CC(C=C1)C2. The van der Waals surface area contributed by atoms with E-state index in [2.05, 4.69) is 0 Å². The van der Waals surface area contributed by atoms with E-state index >= 15 is 0 Å². The van der Waals surface area contributed by atoms with Crippen molar-refractivity contribution in [1.29, 1.82) is 0 Å². The Labute approximate surface area is 64.6 Å². The molecule has 2 aliphatic rings. The van der Waals surface area contributed by atoms with Gasteiger partial charge in [0.1, 0.15) is 5.16 Å². The first-order chi connectivity index (χ1) is 5.04. The summed E-state index contributed by atoms with van der Waals surface area (Å²) in [7, 11) is -3.98. The largest absolute Gasteiger partial charge is 0.339 e. The second-order valence-electron chi connectivity index (χ2n) is 3.12. The van der Waals surface area contributed by atoms with Gasteiger partial charge in [0.05, 0.1) is 0 Å². The lowest BCUT2D eigenvalue weighted by atomic mass is 10.1. The first-order valence-electron chi connectivity index (χ1n) is 3.48. The fourth-order valence-electron chi connectivity index (χ4n) is 1.66. The average Bonchev–Trinajstić information content (AvgIpc) is 2.42. The van der Waals surface area contributed by atoms with Crippen molar-refractivity contribution < 1.29 is 14.4 Å². The third kappa shape index (κ3) is 0.853. The first kappa shape index (κ1) is 7.29. The molecule has 0 fully saturated rings. The van der Waals surface area contributed by atoms with Crippen molar-refractivity contribution in [3.8, 4) is 0 Å². The normalized spacial score (nSPS) is 40.4. The second kappa shape index (κ2) is 1.86. The molecule has 0 amide bonds. The predicted octanol–water partition coefficient (Wildman–Crippen LogP) is 1.05. The zero-order chi connectivity index (χ0) is 8.11. The van der Waals surface area contributed by atoms with E-state index in [4.69, 9.17) is 9.79 Å². The topological polar surface area (TPSA) is 57.5 Å². The summed E-state index contributed by atoms with van der Waals surface area (Å²) < 4.78 is 11.0. The van der Waals surface area contributed by atoms with Crippen LogP contribution in [0, 0.1) is 5.92 Å². The number of hydrogen-bond donors (Lipinski definition) is 2. The summed E-state index contributed by atoms with van der Waals surface area (Å²) in [5, 5.41) is -0.947. The van der Waals surface area contributed by atoms with E-state index in [1.807, 2.05) is 12.2 Å². The fourth-order valence-corrected chi connectivity index (χ4v) is 2.67. The minimum absolute atomic E-state index is 0.252. The average molecular weight is 172 g/mol. The van der Waals surface area contributed by atoms with Gasteiger partial charge in [-0.3, -0.25) is 4.57 Å². The summed E-state index contributed by atoms with van der Waals surface area (Å²) in [5.41, 5.74) is 0. The van der Waals surface area contributed by atoms with Gasteiger partial charge >= 0.3 is 7.60 Å². The van der Waals surface area contributed by atoms with Crippen LogP contribution in [0.15, 0.2) is 24.3 Å². The Kier molecular flexibility index (Phi) is 1.23. The zero-order valence-electron chi connectivity index (χ0n) is 5.84. The summed E-state index contributed by atoms with van der Waals surface area (Å²) in [6.07, 6.45) is 7.55. The summed E-state index contributed by atoms with van der Waals surface area (Å²) >= 11 is 0. The van der Waals surface area contributed by atoms with Crippen molar-refractivity contribution >= 4 is 7.60 Å². The van der Waals surface area contributed by atoms with Crippen LogP contribution >= 0.6 is 7.60 Å². The summed E-state index contributed by atoms with van der Waals surface area (Å²) in [4.78, 5) is 18.0. The molecule has 0 aromatic rings. The van der Waals surface area contributed by atoms with Gasteiger partial charge in [-0.2, -0.15) is 0 Å². The standard InChI is InChI=1S/C7H9O3P/c8-11(9,10)7-3-1-6(5-7)2-4-7/h1-4,6H,5H2,(H2,8,9,10). The summed E-state index contributed by atoms with van der Waals surface area (Å²) in [6, 6.07) is 0. The molecule has 0 aliphatic heterocycles. The van der Waals surface area contributed by atoms with E-state index < -0.39 is 12.8 Å². The summed E-state index contributed by atoms with van der Waals surface area (Å²) in [5.74, 6) is 0.252. The van der Waals surface area contributed by atoms with E-state index in [1.165, 1.54) is 0 Å². The molecule has 2 rings (SSSR count). The van der Waals surface area contributed by atoms with Gasteiger partial charge in [-0.15, -0.1) is 0 Å². The molecular formula is C7H9O3P. The molecule has 2 aliphatic carbocycles. The van der Waals surface area contributed by atoms with Crippen LogP contribution in [-0.2, 0) is 4.57 Å². The molecule has 0 saturated heterocycles. The molecule has 0 atom stereocenters. The number of rotatable bonds is 1. The zero-order valence-corrected chi connectivity index (χ0v) is 6.74. The van der Waals surface area contributed by atoms with Crippen molar-refractivity contribution in [1.82, 2.24) is 0 Å². The Morgan fingerprint density at radius 1 is 1.36 bits per heavy atom. The Bertz CT molecular complexity index is 272. The van der Waals surface area contributed by atoms with Crippen LogP contribution < -0.4 is 0 Å². The van der Waals surface area contributed by atoms with Gasteiger partial charge in [-0.05, 0) is 12.3 Å². The van der Waals surface area contributed by atoms with Gasteiger partial charge in [0.15, 0.2) is 0 Å². The smallest absolute Gasteiger partial charge is 0.324 e. The Balaban J connectivity index is 2.46. The van der Waals surface area contributed by atoms with Crippen molar-refractivity contribution in [2.75, 3.05) is 0 Å². The third-order valence-corrected chi connectivity index (χ3v) is 3.93. The van der Waals surface area contributed by atoms with Crippen LogP contribution in [0.2, 0.25) is 0 Å². The second-order valence-corrected chi connectivity index (χ2v) is 5.04. The first-order valence-corrected chi connectivity index (χ1v) is 5.09. The van der Waals surface area contributed by atoms with Crippen molar-refractivity contribution in [2.45, 2.75) is 11.6 Å². The molecule has 2 N–H and O–H groups in total. The number of allylic oxidation sites excluding steroid dienone is 4. The highest BCUT2D eigenvalue weighted by molar-refractivity contribution is 7.54. The van der Waals surface area contributed by atoms with Gasteiger partial charge in [0.2, 0.25) is 0 Å². The van der Waals surface area contributed by atoms with Crippen LogP contribution in [-0.4, -0.2) is 14.9 Å². The van der Waals surface area contributed by atoms with Gasteiger partial charge in [0, 0.05) is 0 Å². The Morgan fingerprint density at radius 2 is 1.91 bits per heavy atom. The van der Waals surface area contributed by atoms with Crippen LogP contribution in [0.5, 0.6) is 0 Å². The lowest BCUT2D eigenvalue weighted by Gasteiger charge is -2.21. The van der Waals surface area contributed by atoms with Gasteiger partial charge in [-0.25, -0.2) is 0 Å². The summed E-state index contributed by atoms with van der Waals surface area (Å²) in [6.45, 7) is 0. The van der Waals surface area contributed by atoms with Gasteiger partial charge < -0.3 is 9.79 Å². The molecule has 0 aromatic heterocycles. The molecule has 0 aromatic carbocycles. The minimum Gasteiger partial charge on any atom is -0.324 e. The number of fused-ring (bicyclic) bond motifs is 2. The fraction of sp³-hybridized carbons (Fsp3) is 0.429. The number of hydrogen-bond acceptors (Lipinski definition) is 1. The minimum atomic E-state index is -3.98. The maximum Gasteiger partial charge on any atom is 0.339 e. The van der Waals surface area contributed by atoms with Crippen LogP contribution in [0.25, 0.3) is 0 Å². The van der Waals surface area contributed by atoms with E-state index in [9.17, 15) is 4.57 Å². The van der Waals surface area contributed by atoms with E-state index in [-0.39, 0.29) is 5.92 Å². The van der Waals surface area contributed by atoms with Gasteiger partial charge in [0.25, 0.3) is 0 Å².